The van der Waals surface area contributed by atoms with Crippen molar-refractivity contribution in [2.45, 2.75) is 31.2 Å². The molecule has 0 amide bonds. The van der Waals surface area contributed by atoms with E-state index in [1.165, 1.54) is 5.56 Å². The highest BCUT2D eigenvalue weighted by Crippen LogP contribution is 2.34. The predicted octanol–water partition coefficient (Wildman–Crippen LogP) is 3.19. The molecule has 1 fully saturated rings. The van der Waals surface area contributed by atoms with E-state index in [1.807, 2.05) is 18.2 Å². The maximum Gasteiger partial charge on any atom is 0.129 e. The van der Waals surface area contributed by atoms with Crippen molar-refractivity contribution >= 4 is 30.6 Å². The molecule has 2 aromatic rings. The third-order valence-corrected chi connectivity index (χ3v) is 4.16. The molecule has 0 saturated heterocycles. The fourth-order valence-electron chi connectivity index (χ4n) is 2.72. The Morgan fingerprint density at radius 2 is 1.88 bits per heavy atom. The largest absolute Gasteiger partial charge is 0.497 e. The van der Waals surface area contributed by atoms with Gasteiger partial charge in [0.05, 0.1) is 7.11 Å². The number of anilines is 1. The molecule has 0 unspecified atom stereocenters. The molecular formula is C17H24Cl2N4O. The number of hydrogen-bond acceptors (Lipinski definition) is 5. The number of nitrogens with one attached hydrogen (secondary N) is 1. The topological polar surface area (TPSA) is 73.1 Å². The van der Waals surface area contributed by atoms with Gasteiger partial charge in [0.25, 0.3) is 0 Å². The number of nitrogens with zero attached hydrogens (tertiary/aromatic N) is 2. The molecule has 3 rings (SSSR count). The summed E-state index contributed by atoms with van der Waals surface area (Å²) in [5.41, 5.74) is 8.21. The molecule has 0 atom stereocenters. The van der Waals surface area contributed by atoms with E-state index in [1.54, 1.807) is 13.4 Å². The monoisotopic (exact) mass is 370 g/mol. The quantitative estimate of drug-likeness (QED) is 0.816. The molecule has 132 valence electrons. The van der Waals surface area contributed by atoms with Crippen LogP contribution < -0.4 is 15.8 Å². The molecule has 1 saturated carbocycles. The standard InChI is InChI=1S/C17H22N4O.2ClH/c1-22-15-4-2-12(3-5-15)6-7-19-17-10-16(20-11-21-17)13-8-14(18)9-13;;/h2-5,10-11,13-14H,6-9,18H2,1H3,(H,19,20,21);2*1H. The summed E-state index contributed by atoms with van der Waals surface area (Å²) in [4.78, 5) is 8.64. The number of aromatic nitrogens is 2. The Balaban J connectivity index is 0.00000144. The molecule has 0 bridgehead atoms. The normalized spacial score (nSPS) is 18.6. The van der Waals surface area contributed by atoms with Crippen LogP contribution in [0, 0.1) is 0 Å². The van der Waals surface area contributed by atoms with Crippen LogP contribution in [0.3, 0.4) is 0 Å². The lowest BCUT2D eigenvalue weighted by atomic mass is 9.79. The molecule has 1 aliphatic rings. The summed E-state index contributed by atoms with van der Waals surface area (Å²) in [5.74, 6) is 2.27. The Morgan fingerprint density at radius 3 is 2.50 bits per heavy atom. The first-order chi connectivity index (χ1) is 10.7. The van der Waals surface area contributed by atoms with Crippen LogP contribution in [0.25, 0.3) is 0 Å². The average molecular weight is 371 g/mol. The Bertz CT molecular complexity index is 618. The van der Waals surface area contributed by atoms with Gasteiger partial charge in [-0.15, -0.1) is 24.8 Å². The minimum atomic E-state index is 0. The van der Waals surface area contributed by atoms with Crippen LogP contribution in [-0.4, -0.2) is 29.7 Å². The van der Waals surface area contributed by atoms with Crippen molar-refractivity contribution in [3.05, 3.63) is 47.9 Å². The lowest BCUT2D eigenvalue weighted by Gasteiger charge is -2.31. The van der Waals surface area contributed by atoms with Crippen LogP contribution in [0.5, 0.6) is 5.75 Å². The zero-order chi connectivity index (χ0) is 15.4. The summed E-state index contributed by atoms with van der Waals surface area (Å²) in [6.45, 7) is 0.840. The van der Waals surface area contributed by atoms with E-state index in [-0.39, 0.29) is 24.8 Å². The highest BCUT2D eigenvalue weighted by molar-refractivity contribution is 5.85. The highest BCUT2D eigenvalue weighted by atomic mass is 35.5. The fraction of sp³-hybridized carbons (Fsp3) is 0.412. The lowest BCUT2D eigenvalue weighted by molar-refractivity contribution is 0.345. The van der Waals surface area contributed by atoms with Gasteiger partial charge in [-0.25, -0.2) is 9.97 Å². The van der Waals surface area contributed by atoms with Crippen molar-refractivity contribution in [3.63, 3.8) is 0 Å². The number of halogens is 2. The molecule has 1 aromatic carbocycles. The van der Waals surface area contributed by atoms with E-state index in [0.717, 1.165) is 43.1 Å². The molecule has 1 aliphatic carbocycles. The van der Waals surface area contributed by atoms with E-state index >= 15 is 0 Å². The zero-order valence-electron chi connectivity index (χ0n) is 13.6. The zero-order valence-corrected chi connectivity index (χ0v) is 15.3. The molecule has 1 heterocycles. The molecular weight excluding hydrogens is 347 g/mol. The van der Waals surface area contributed by atoms with E-state index in [4.69, 9.17) is 10.5 Å². The molecule has 0 radical (unpaired) electrons. The lowest BCUT2D eigenvalue weighted by Crippen LogP contribution is -2.35. The van der Waals surface area contributed by atoms with E-state index in [9.17, 15) is 0 Å². The summed E-state index contributed by atoms with van der Waals surface area (Å²) in [6, 6.07) is 10.5. The second-order valence-corrected chi connectivity index (χ2v) is 5.78. The van der Waals surface area contributed by atoms with Crippen molar-refractivity contribution in [3.8, 4) is 5.75 Å². The van der Waals surface area contributed by atoms with Crippen molar-refractivity contribution in [2.24, 2.45) is 5.73 Å². The summed E-state index contributed by atoms with van der Waals surface area (Å²) in [6.07, 6.45) is 4.64. The number of rotatable bonds is 6. The van der Waals surface area contributed by atoms with Gasteiger partial charge in [0.2, 0.25) is 0 Å². The van der Waals surface area contributed by atoms with Gasteiger partial charge >= 0.3 is 0 Å². The van der Waals surface area contributed by atoms with Crippen LogP contribution in [0.2, 0.25) is 0 Å². The van der Waals surface area contributed by atoms with Crippen molar-refractivity contribution in [1.82, 2.24) is 9.97 Å². The Labute approximate surface area is 155 Å². The maximum atomic E-state index is 5.84. The minimum absolute atomic E-state index is 0. The van der Waals surface area contributed by atoms with Gasteiger partial charge in [0.15, 0.2) is 0 Å². The summed E-state index contributed by atoms with van der Waals surface area (Å²) in [5, 5.41) is 3.36. The molecule has 0 aliphatic heterocycles. The number of benzene rings is 1. The molecule has 3 N–H and O–H groups in total. The van der Waals surface area contributed by atoms with E-state index < -0.39 is 0 Å². The second-order valence-electron chi connectivity index (χ2n) is 5.78. The first kappa shape index (κ1) is 20.5. The van der Waals surface area contributed by atoms with Gasteiger partial charge in [-0.3, -0.25) is 0 Å². The van der Waals surface area contributed by atoms with E-state index in [2.05, 4.69) is 27.4 Å². The molecule has 1 aromatic heterocycles. The second kappa shape index (κ2) is 9.67. The van der Waals surface area contributed by atoms with Crippen molar-refractivity contribution < 1.29 is 4.74 Å². The smallest absolute Gasteiger partial charge is 0.129 e. The highest BCUT2D eigenvalue weighted by Gasteiger charge is 2.28. The molecule has 0 spiro atoms. The Hall–Kier alpha value is -1.56. The number of nitrogens with two attached hydrogens (primary N) is 1. The first-order valence-electron chi connectivity index (χ1n) is 7.69. The van der Waals surface area contributed by atoms with Crippen LogP contribution in [-0.2, 0) is 6.42 Å². The van der Waals surface area contributed by atoms with E-state index in [0.29, 0.717) is 12.0 Å². The molecule has 7 heteroatoms. The maximum absolute atomic E-state index is 5.84. The fourth-order valence-corrected chi connectivity index (χ4v) is 2.72. The van der Waals surface area contributed by atoms with Gasteiger partial charge in [-0.2, -0.15) is 0 Å². The third-order valence-electron chi connectivity index (χ3n) is 4.16. The van der Waals surface area contributed by atoms with Crippen LogP contribution in [0.1, 0.15) is 30.0 Å². The van der Waals surface area contributed by atoms with Gasteiger partial charge < -0.3 is 15.8 Å². The molecule has 5 nitrogen and oxygen atoms in total. The predicted molar refractivity (Wildman–Crippen MR) is 102 cm³/mol. The van der Waals surface area contributed by atoms with Crippen LogP contribution in [0.4, 0.5) is 5.82 Å². The number of ether oxygens (including phenoxy) is 1. The van der Waals surface area contributed by atoms with Gasteiger partial charge in [-0.1, -0.05) is 12.1 Å². The third kappa shape index (κ3) is 5.23. The van der Waals surface area contributed by atoms with Gasteiger partial charge in [0.1, 0.15) is 17.9 Å². The number of hydrogen-bond donors (Lipinski definition) is 2. The minimum Gasteiger partial charge on any atom is -0.497 e. The SMILES string of the molecule is COc1ccc(CCNc2cc(C3CC(N)C3)ncn2)cc1.Cl.Cl. The Morgan fingerprint density at radius 1 is 1.17 bits per heavy atom. The molecule has 24 heavy (non-hydrogen) atoms. The van der Waals surface area contributed by atoms with Crippen LogP contribution >= 0.6 is 24.8 Å². The summed E-state index contributed by atoms with van der Waals surface area (Å²) in [7, 11) is 1.68. The average Bonchev–Trinajstić information content (AvgIpc) is 2.53. The van der Waals surface area contributed by atoms with Crippen molar-refractivity contribution in [2.75, 3.05) is 19.0 Å². The summed E-state index contributed by atoms with van der Waals surface area (Å²) < 4.78 is 5.16. The Kier molecular flexibility index (Phi) is 8.25. The van der Waals surface area contributed by atoms with Crippen LogP contribution in [0.15, 0.2) is 36.7 Å². The van der Waals surface area contributed by atoms with Gasteiger partial charge in [0, 0.05) is 30.3 Å². The van der Waals surface area contributed by atoms with Crippen molar-refractivity contribution in [1.29, 1.82) is 0 Å². The first-order valence-corrected chi connectivity index (χ1v) is 7.69. The number of methoxy groups -OCH3 is 1. The summed E-state index contributed by atoms with van der Waals surface area (Å²) >= 11 is 0. The van der Waals surface area contributed by atoms with Gasteiger partial charge in [-0.05, 0) is 37.0 Å².